The topological polar surface area (TPSA) is 37.3 Å². The molecule has 4 nitrogen and oxygen atoms in total. The molecule has 3 aromatic rings. The summed E-state index contributed by atoms with van der Waals surface area (Å²) in [6, 6.07) is 17.2. The van der Waals surface area contributed by atoms with Gasteiger partial charge in [-0.3, -0.25) is 4.79 Å². The maximum absolute atomic E-state index is 11.7. The van der Waals surface area contributed by atoms with Gasteiger partial charge < -0.3 is 14.8 Å². The number of benzene rings is 2. The van der Waals surface area contributed by atoms with Crippen molar-refractivity contribution in [2.75, 3.05) is 19.6 Å². The van der Waals surface area contributed by atoms with Crippen LogP contribution in [0.5, 0.6) is 0 Å². The Kier molecular flexibility index (Phi) is 5.77. The van der Waals surface area contributed by atoms with Crippen LogP contribution >= 0.6 is 0 Å². The Morgan fingerprint density at radius 3 is 2.68 bits per heavy atom. The number of nitrogens with zero attached hydrogens (tertiary/aromatic N) is 2. The molecule has 1 aliphatic rings. The zero-order chi connectivity index (χ0) is 19.3. The van der Waals surface area contributed by atoms with Crippen molar-refractivity contribution >= 4 is 16.8 Å². The van der Waals surface area contributed by atoms with Gasteiger partial charge in [0.15, 0.2) is 0 Å². The number of hydrogen-bond acceptors (Lipinski definition) is 2. The molecule has 0 bridgehead atoms. The van der Waals surface area contributed by atoms with Crippen LogP contribution in [0.25, 0.3) is 10.9 Å². The number of fused-ring (bicyclic) bond motifs is 1. The maximum atomic E-state index is 11.7. The third-order valence-corrected chi connectivity index (χ3v) is 5.74. The van der Waals surface area contributed by atoms with Gasteiger partial charge in [0.2, 0.25) is 5.91 Å². The molecule has 1 aromatic heterocycles. The molecule has 0 unspecified atom stereocenters. The van der Waals surface area contributed by atoms with Crippen molar-refractivity contribution in [2.45, 2.75) is 39.3 Å². The van der Waals surface area contributed by atoms with E-state index < -0.39 is 0 Å². The van der Waals surface area contributed by atoms with Crippen LogP contribution in [0.4, 0.5) is 0 Å². The van der Waals surface area contributed by atoms with E-state index in [0.717, 1.165) is 52.0 Å². The summed E-state index contributed by atoms with van der Waals surface area (Å²) in [5.74, 6) is 0.319. The van der Waals surface area contributed by atoms with Gasteiger partial charge in [0, 0.05) is 49.7 Å². The highest BCUT2D eigenvalue weighted by Crippen LogP contribution is 2.23. The highest BCUT2D eigenvalue weighted by atomic mass is 16.2. The van der Waals surface area contributed by atoms with E-state index in [2.05, 4.69) is 71.5 Å². The van der Waals surface area contributed by atoms with Crippen molar-refractivity contribution in [3.8, 4) is 0 Å². The predicted molar refractivity (Wildman–Crippen MR) is 114 cm³/mol. The standard InChI is InChI=1S/C24H29N3O/c1-19-8-2-3-9-20(19)17-27-18-21(22-10-4-5-11-23(22)27)16-25-13-7-15-26-14-6-12-24(26)28/h2-5,8-11,18,25H,6-7,12-17H2,1H3. The van der Waals surface area contributed by atoms with Crippen LogP contribution in [0, 0.1) is 6.92 Å². The van der Waals surface area contributed by atoms with E-state index >= 15 is 0 Å². The highest BCUT2D eigenvalue weighted by Gasteiger charge is 2.18. The first-order valence-electron chi connectivity index (χ1n) is 10.3. The number of carbonyl (C=O) groups excluding carboxylic acids is 1. The molecule has 28 heavy (non-hydrogen) atoms. The molecule has 0 spiro atoms. The summed E-state index contributed by atoms with van der Waals surface area (Å²) in [6.45, 7) is 6.67. The number of hydrogen-bond donors (Lipinski definition) is 1. The second-order valence-corrected chi connectivity index (χ2v) is 7.74. The van der Waals surface area contributed by atoms with E-state index in [0.29, 0.717) is 5.91 Å². The molecular formula is C24H29N3O. The number of carbonyl (C=O) groups is 1. The summed E-state index contributed by atoms with van der Waals surface area (Å²) in [4.78, 5) is 13.7. The minimum atomic E-state index is 0.319. The van der Waals surface area contributed by atoms with Gasteiger partial charge in [0.05, 0.1) is 0 Å². The van der Waals surface area contributed by atoms with E-state index in [1.807, 2.05) is 4.90 Å². The van der Waals surface area contributed by atoms with Crippen molar-refractivity contribution in [1.29, 1.82) is 0 Å². The Hall–Kier alpha value is -2.59. The zero-order valence-corrected chi connectivity index (χ0v) is 16.7. The number of para-hydroxylation sites is 1. The number of nitrogens with one attached hydrogen (secondary N) is 1. The van der Waals surface area contributed by atoms with E-state index in [4.69, 9.17) is 0 Å². The van der Waals surface area contributed by atoms with Crippen molar-refractivity contribution in [3.05, 3.63) is 71.4 Å². The molecule has 2 heterocycles. The van der Waals surface area contributed by atoms with Gasteiger partial charge in [-0.2, -0.15) is 0 Å². The first-order chi connectivity index (χ1) is 13.7. The van der Waals surface area contributed by atoms with Gasteiger partial charge in [-0.15, -0.1) is 0 Å². The monoisotopic (exact) mass is 375 g/mol. The number of rotatable bonds is 8. The van der Waals surface area contributed by atoms with Crippen molar-refractivity contribution < 1.29 is 4.79 Å². The lowest BCUT2D eigenvalue weighted by molar-refractivity contribution is -0.127. The Balaban J connectivity index is 1.40. The van der Waals surface area contributed by atoms with E-state index in [1.165, 1.54) is 27.6 Å². The Morgan fingerprint density at radius 2 is 1.86 bits per heavy atom. The zero-order valence-electron chi connectivity index (χ0n) is 16.7. The summed E-state index contributed by atoms with van der Waals surface area (Å²) in [5, 5.41) is 4.89. The Bertz CT molecular complexity index is 959. The van der Waals surface area contributed by atoms with Crippen molar-refractivity contribution in [1.82, 2.24) is 14.8 Å². The van der Waals surface area contributed by atoms with E-state index in [-0.39, 0.29) is 0 Å². The van der Waals surface area contributed by atoms with Crippen LogP contribution in [0.15, 0.2) is 54.7 Å². The quantitative estimate of drug-likeness (QED) is 0.602. The van der Waals surface area contributed by atoms with Crippen LogP contribution in [-0.2, 0) is 17.9 Å². The number of amides is 1. The minimum Gasteiger partial charge on any atom is -0.343 e. The lowest BCUT2D eigenvalue weighted by Gasteiger charge is -2.15. The summed E-state index contributed by atoms with van der Waals surface area (Å²) in [6.07, 6.45) is 5.04. The van der Waals surface area contributed by atoms with Crippen LogP contribution < -0.4 is 5.32 Å². The lowest BCUT2D eigenvalue weighted by Crippen LogP contribution is -2.28. The number of aryl methyl sites for hydroxylation is 1. The number of aromatic nitrogens is 1. The van der Waals surface area contributed by atoms with Crippen LogP contribution in [0.1, 0.15) is 36.0 Å². The van der Waals surface area contributed by atoms with Gasteiger partial charge in [-0.1, -0.05) is 42.5 Å². The summed E-state index contributed by atoms with van der Waals surface area (Å²) >= 11 is 0. The highest BCUT2D eigenvalue weighted by molar-refractivity contribution is 5.84. The van der Waals surface area contributed by atoms with Crippen molar-refractivity contribution in [3.63, 3.8) is 0 Å². The third kappa shape index (κ3) is 4.12. The van der Waals surface area contributed by atoms with E-state index in [9.17, 15) is 4.79 Å². The molecule has 1 aliphatic heterocycles. The fraction of sp³-hybridized carbons (Fsp3) is 0.375. The molecule has 1 N–H and O–H groups in total. The molecule has 146 valence electrons. The van der Waals surface area contributed by atoms with Gasteiger partial charge >= 0.3 is 0 Å². The fourth-order valence-electron chi connectivity index (χ4n) is 4.12. The minimum absolute atomic E-state index is 0.319. The molecule has 0 aliphatic carbocycles. The molecule has 1 saturated heterocycles. The first kappa shape index (κ1) is 18.8. The maximum Gasteiger partial charge on any atom is 0.222 e. The van der Waals surface area contributed by atoms with Gasteiger partial charge in [0.1, 0.15) is 0 Å². The van der Waals surface area contributed by atoms with Crippen molar-refractivity contribution in [2.24, 2.45) is 0 Å². The normalized spacial score (nSPS) is 14.3. The van der Waals surface area contributed by atoms with Gasteiger partial charge in [-0.25, -0.2) is 0 Å². The Morgan fingerprint density at radius 1 is 1.04 bits per heavy atom. The molecule has 1 fully saturated rings. The smallest absolute Gasteiger partial charge is 0.222 e. The summed E-state index contributed by atoms with van der Waals surface area (Å²) in [7, 11) is 0. The predicted octanol–water partition coefficient (Wildman–Crippen LogP) is 4.10. The first-order valence-corrected chi connectivity index (χ1v) is 10.3. The largest absolute Gasteiger partial charge is 0.343 e. The van der Waals surface area contributed by atoms with Crippen LogP contribution in [0.3, 0.4) is 0 Å². The van der Waals surface area contributed by atoms with Gasteiger partial charge in [0.25, 0.3) is 0 Å². The molecule has 0 atom stereocenters. The lowest BCUT2D eigenvalue weighted by atomic mass is 10.1. The summed E-state index contributed by atoms with van der Waals surface area (Å²) < 4.78 is 2.36. The van der Waals surface area contributed by atoms with Gasteiger partial charge in [-0.05, 0) is 49.1 Å². The fourth-order valence-corrected chi connectivity index (χ4v) is 4.12. The second kappa shape index (κ2) is 8.61. The van der Waals surface area contributed by atoms with Crippen LogP contribution in [-0.4, -0.2) is 35.0 Å². The van der Waals surface area contributed by atoms with E-state index in [1.54, 1.807) is 0 Å². The average molecular weight is 376 g/mol. The second-order valence-electron chi connectivity index (χ2n) is 7.74. The molecule has 0 saturated carbocycles. The summed E-state index contributed by atoms with van der Waals surface area (Å²) in [5.41, 5.74) is 5.31. The molecular weight excluding hydrogens is 346 g/mol. The molecule has 0 radical (unpaired) electrons. The molecule has 2 aromatic carbocycles. The van der Waals surface area contributed by atoms with Crippen LogP contribution in [0.2, 0.25) is 0 Å². The Labute approximate surface area is 167 Å². The number of likely N-dealkylation sites (tertiary alicyclic amines) is 1. The third-order valence-electron chi connectivity index (χ3n) is 5.74. The molecule has 4 rings (SSSR count). The average Bonchev–Trinajstić information content (AvgIpc) is 3.27. The molecule has 4 heteroatoms. The SMILES string of the molecule is Cc1ccccc1Cn1cc(CNCCCN2CCCC2=O)c2ccccc21. The molecule has 1 amide bonds.